The van der Waals surface area contributed by atoms with E-state index in [2.05, 4.69) is 20.8 Å². The molecule has 0 aliphatic carbocycles. The fraction of sp³-hybridized carbons (Fsp3) is 0.500. The van der Waals surface area contributed by atoms with Gasteiger partial charge in [0, 0.05) is 6.54 Å². The van der Waals surface area contributed by atoms with Gasteiger partial charge in [0.2, 0.25) is 5.90 Å². The van der Waals surface area contributed by atoms with E-state index >= 15 is 0 Å². The molecule has 114 valence electrons. The molecule has 2 atom stereocenters. The molecule has 21 heavy (non-hydrogen) atoms. The first kappa shape index (κ1) is 15.5. The van der Waals surface area contributed by atoms with E-state index in [9.17, 15) is 4.79 Å². The lowest BCUT2D eigenvalue weighted by Gasteiger charge is -2.32. The molecule has 0 aromatic heterocycles. The lowest BCUT2D eigenvalue weighted by Crippen LogP contribution is -2.45. The summed E-state index contributed by atoms with van der Waals surface area (Å²) in [6.45, 7) is 6.80. The smallest absolute Gasteiger partial charge is 0.357 e. The lowest BCUT2D eigenvalue weighted by molar-refractivity contribution is -0.116. The normalized spacial score (nSPS) is 24.6. The van der Waals surface area contributed by atoms with Crippen LogP contribution in [0.1, 0.15) is 31.1 Å². The minimum Gasteiger partial charge on any atom is -0.483 e. The van der Waals surface area contributed by atoms with Crippen molar-refractivity contribution in [2.45, 2.75) is 26.8 Å². The standard InChI is InChI=1S/C16H22N2O3/c1-11-10-18(13(14(17)20-4)16(11,2)3)21-15(19)12-8-6-5-7-9-12/h5-9,11,13,17H,10H2,1-4H3. The highest BCUT2D eigenvalue weighted by molar-refractivity contribution is 5.89. The van der Waals surface area contributed by atoms with Gasteiger partial charge in [-0.15, -0.1) is 5.06 Å². The second-order valence-electron chi connectivity index (χ2n) is 6.04. The van der Waals surface area contributed by atoms with Gasteiger partial charge in [0.15, 0.2) is 0 Å². The van der Waals surface area contributed by atoms with E-state index in [0.717, 1.165) is 0 Å². The summed E-state index contributed by atoms with van der Waals surface area (Å²) < 4.78 is 5.09. The summed E-state index contributed by atoms with van der Waals surface area (Å²) in [6, 6.07) is 8.49. The Balaban J connectivity index is 2.18. The molecule has 1 aromatic carbocycles. The fourth-order valence-corrected chi connectivity index (χ4v) is 2.65. The minimum absolute atomic E-state index is 0.116. The lowest BCUT2D eigenvalue weighted by atomic mass is 9.77. The molecule has 0 radical (unpaired) electrons. The van der Waals surface area contributed by atoms with Gasteiger partial charge in [-0.2, -0.15) is 0 Å². The fourth-order valence-electron chi connectivity index (χ4n) is 2.65. The Morgan fingerprint density at radius 1 is 1.33 bits per heavy atom. The van der Waals surface area contributed by atoms with Crippen LogP contribution in [0.4, 0.5) is 0 Å². The van der Waals surface area contributed by atoms with Crippen molar-refractivity contribution in [3.05, 3.63) is 35.9 Å². The number of hydroxylamine groups is 2. The summed E-state index contributed by atoms with van der Waals surface area (Å²) in [7, 11) is 1.47. The van der Waals surface area contributed by atoms with E-state index in [1.165, 1.54) is 7.11 Å². The highest BCUT2D eigenvalue weighted by atomic mass is 16.7. The Hall–Kier alpha value is -1.88. The van der Waals surface area contributed by atoms with E-state index < -0.39 is 5.97 Å². The Morgan fingerprint density at radius 3 is 2.52 bits per heavy atom. The van der Waals surface area contributed by atoms with Crippen molar-refractivity contribution in [3.63, 3.8) is 0 Å². The van der Waals surface area contributed by atoms with Crippen molar-refractivity contribution in [2.75, 3.05) is 13.7 Å². The number of carbonyl (C=O) groups excluding carboxylic acids is 1. The molecular formula is C16H22N2O3. The highest BCUT2D eigenvalue weighted by Crippen LogP contribution is 2.41. The zero-order chi connectivity index (χ0) is 15.6. The number of nitrogens with zero attached hydrogens (tertiary/aromatic N) is 1. The van der Waals surface area contributed by atoms with Gasteiger partial charge in [0.05, 0.1) is 12.7 Å². The first-order chi connectivity index (χ1) is 9.87. The number of nitrogens with one attached hydrogen (secondary N) is 1. The van der Waals surface area contributed by atoms with E-state index in [1.807, 2.05) is 6.07 Å². The Bertz CT molecular complexity index is 528. The molecule has 1 aliphatic heterocycles. The molecule has 1 heterocycles. The third-order valence-corrected chi connectivity index (χ3v) is 4.39. The van der Waals surface area contributed by atoms with Crippen LogP contribution in [-0.2, 0) is 9.57 Å². The number of hydrogen-bond acceptors (Lipinski definition) is 5. The van der Waals surface area contributed by atoms with Crippen molar-refractivity contribution >= 4 is 11.9 Å². The van der Waals surface area contributed by atoms with Gasteiger partial charge in [-0.05, 0) is 23.5 Å². The van der Waals surface area contributed by atoms with Crippen LogP contribution in [0, 0.1) is 16.7 Å². The van der Waals surface area contributed by atoms with E-state index in [0.29, 0.717) is 12.1 Å². The molecule has 5 heteroatoms. The molecule has 0 bridgehead atoms. The van der Waals surface area contributed by atoms with Crippen LogP contribution in [0.15, 0.2) is 30.3 Å². The zero-order valence-electron chi connectivity index (χ0n) is 12.9. The topological polar surface area (TPSA) is 62.6 Å². The number of rotatable bonds is 3. The molecule has 1 saturated heterocycles. The Kier molecular flexibility index (Phi) is 4.32. The van der Waals surface area contributed by atoms with Gasteiger partial charge in [0.1, 0.15) is 6.04 Å². The van der Waals surface area contributed by atoms with Crippen LogP contribution in [0.2, 0.25) is 0 Å². The van der Waals surface area contributed by atoms with Crippen LogP contribution >= 0.6 is 0 Å². The Morgan fingerprint density at radius 2 is 1.95 bits per heavy atom. The van der Waals surface area contributed by atoms with Crippen molar-refractivity contribution in [2.24, 2.45) is 11.3 Å². The maximum absolute atomic E-state index is 12.2. The first-order valence-electron chi connectivity index (χ1n) is 7.04. The predicted octanol–water partition coefficient (Wildman–Crippen LogP) is 2.73. The molecular weight excluding hydrogens is 268 g/mol. The zero-order valence-corrected chi connectivity index (χ0v) is 12.9. The van der Waals surface area contributed by atoms with E-state index in [-0.39, 0.29) is 23.3 Å². The summed E-state index contributed by atoms with van der Waals surface area (Å²) >= 11 is 0. The van der Waals surface area contributed by atoms with Gasteiger partial charge < -0.3 is 9.57 Å². The third-order valence-electron chi connectivity index (χ3n) is 4.39. The largest absolute Gasteiger partial charge is 0.483 e. The van der Waals surface area contributed by atoms with Gasteiger partial charge in [-0.25, -0.2) is 4.79 Å². The monoisotopic (exact) mass is 290 g/mol. The maximum Gasteiger partial charge on any atom is 0.357 e. The van der Waals surface area contributed by atoms with E-state index in [1.54, 1.807) is 29.3 Å². The van der Waals surface area contributed by atoms with Crippen molar-refractivity contribution in [1.29, 1.82) is 5.41 Å². The number of benzene rings is 1. The molecule has 1 N–H and O–H groups in total. The van der Waals surface area contributed by atoms with Gasteiger partial charge in [-0.3, -0.25) is 5.41 Å². The van der Waals surface area contributed by atoms with Gasteiger partial charge in [-0.1, -0.05) is 39.0 Å². The molecule has 0 spiro atoms. The summed E-state index contributed by atoms with van der Waals surface area (Å²) in [6.07, 6.45) is 0. The molecule has 1 aromatic rings. The number of methoxy groups -OCH3 is 1. The maximum atomic E-state index is 12.2. The van der Waals surface area contributed by atoms with Crippen LogP contribution in [-0.4, -0.2) is 36.6 Å². The molecule has 2 unspecified atom stereocenters. The average Bonchev–Trinajstić information content (AvgIpc) is 2.68. The van der Waals surface area contributed by atoms with Crippen molar-refractivity contribution in [1.82, 2.24) is 5.06 Å². The minimum atomic E-state index is -0.408. The predicted molar refractivity (Wildman–Crippen MR) is 80.0 cm³/mol. The summed E-state index contributed by atoms with van der Waals surface area (Å²) in [5, 5.41) is 9.58. The highest BCUT2D eigenvalue weighted by Gasteiger charge is 2.50. The van der Waals surface area contributed by atoms with E-state index in [4.69, 9.17) is 15.0 Å². The first-order valence-corrected chi connectivity index (χ1v) is 7.04. The average molecular weight is 290 g/mol. The Labute approximate surface area is 125 Å². The number of hydrogen-bond donors (Lipinski definition) is 1. The molecule has 0 saturated carbocycles. The van der Waals surface area contributed by atoms with Crippen molar-refractivity contribution < 1.29 is 14.4 Å². The number of ether oxygens (including phenoxy) is 1. The molecule has 0 amide bonds. The van der Waals surface area contributed by atoms with Crippen LogP contribution in [0.3, 0.4) is 0 Å². The van der Waals surface area contributed by atoms with Gasteiger partial charge in [0.25, 0.3) is 0 Å². The molecule has 1 aliphatic rings. The van der Waals surface area contributed by atoms with Crippen molar-refractivity contribution in [3.8, 4) is 0 Å². The second kappa shape index (κ2) is 5.85. The summed E-state index contributed by atoms with van der Waals surface area (Å²) in [4.78, 5) is 17.7. The quantitative estimate of drug-likeness (QED) is 0.687. The second-order valence-corrected chi connectivity index (χ2v) is 6.04. The van der Waals surface area contributed by atoms with Crippen LogP contribution in [0.5, 0.6) is 0 Å². The van der Waals surface area contributed by atoms with Gasteiger partial charge >= 0.3 is 5.97 Å². The van der Waals surface area contributed by atoms with Crippen LogP contribution in [0.25, 0.3) is 0 Å². The molecule has 5 nitrogen and oxygen atoms in total. The third kappa shape index (κ3) is 2.93. The summed E-state index contributed by atoms with van der Waals surface area (Å²) in [5.74, 6) is -0.0128. The van der Waals surface area contributed by atoms with Crippen LogP contribution < -0.4 is 0 Å². The molecule has 2 rings (SSSR count). The SMILES string of the molecule is COC(=N)C1N(OC(=O)c2ccccc2)CC(C)C1(C)C. The number of carbonyl (C=O) groups is 1. The summed E-state index contributed by atoms with van der Waals surface area (Å²) in [5.41, 5.74) is 0.293. The molecule has 1 fully saturated rings.